The standard InChI is InChI=1S/C22H20ClN5O6/c1-4-34-21(30)17-11(2)24-22-25-20(12-5-7-14(23)8-6-12)26-27(22)18(17)13-9-15(28(31)32)19(29)16(10-13)33-3/h5-10,18,29H,4H2,1-3H3,(H,24,25,26). The maximum atomic E-state index is 12.9. The van der Waals surface area contributed by atoms with Crippen LogP contribution in [0.3, 0.4) is 0 Å². The second-order valence-electron chi connectivity index (χ2n) is 7.35. The SMILES string of the molecule is CCOC(=O)C1=C(C)Nc2nc(-c3ccc(Cl)cc3)nn2C1c1cc(OC)c(O)c([N+](=O)[O-])c1. The molecule has 1 atom stereocenters. The van der Waals surface area contributed by atoms with Gasteiger partial charge in [-0.1, -0.05) is 11.6 Å². The van der Waals surface area contributed by atoms with Crippen LogP contribution in [-0.2, 0) is 9.53 Å². The van der Waals surface area contributed by atoms with Crippen molar-refractivity contribution < 1.29 is 24.3 Å². The highest BCUT2D eigenvalue weighted by Gasteiger charge is 2.37. The van der Waals surface area contributed by atoms with Crippen LogP contribution >= 0.6 is 11.6 Å². The van der Waals surface area contributed by atoms with Crippen LogP contribution in [0.4, 0.5) is 11.6 Å². The van der Waals surface area contributed by atoms with Crippen LogP contribution in [0, 0.1) is 10.1 Å². The first kappa shape index (κ1) is 23.1. The number of nitro benzene ring substituents is 1. The average molecular weight is 486 g/mol. The molecular weight excluding hydrogens is 466 g/mol. The summed E-state index contributed by atoms with van der Waals surface area (Å²) in [6, 6.07) is 8.54. The lowest BCUT2D eigenvalue weighted by Gasteiger charge is -2.28. The number of ether oxygens (including phenoxy) is 2. The third kappa shape index (κ3) is 4.01. The Morgan fingerprint density at radius 2 is 2.03 bits per heavy atom. The number of fused-ring (bicyclic) bond motifs is 1. The van der Waals surface area contributed by atoms with Gasteiger partial charge in [0, 0.05) is 22.3 Å². The van der Waals surface area contributed by atoms with Crippen LogP contribution in [-0.4, -0.2) is 44.5 Å². The molecule has 0 saturated heterocycles. The number of nitro groups is 1. The number of nitrogens with zero attached hydrogens (tertiary/aromatic N) is 4. The first-order valence-electron chi connectivity index (χ1n) is 10.2. The molecule has 0 saturated carbocycles. The van der Waals surface area contributed by atoms with Crippen molar-refractivity contribution in [3.8, 4) is 22.9 Å². The monoisotopic (exact) mass is 485 g/mol. The molecule has 0 aliphatic carbocycles. The van der Waals surface area contributed by atoms with Gasteiger partial charge in [0.1, 0.15) is 6.04 Å². The fourth-order valence-corrected chi connectivity index (χ4v) is 3.85. The predicted molar refractivity (Wildman–Crippen MR) is 123 cm³/mol. The Morgan fingerprint density at radius 1 is 1.32 bits per heavy atom. The molecule has 1 aromatic heterocycles. The molecule has 0 fully saturated rings. The van der Waals surface area contributed by atoms with E-state index < -0.39 is 28.4 Å². The van der Waals surface area contributed by atoms with Crippen LogP contribution in [0.5, 0.6) is 11.5 Å². The summed E-state index contributed by atoms with van der Waals surface area (Å²) < 4.78 is 11.8. The second-order valence-corrected chi connectivity index (χ2v) is 7.78. The van der Waals surface area contributed by atoms with Gasteiger partial charge in [-0.05, 0) is 49.7 Å². The van der Waals surface area contributed by atoms with Crippen molar-refractivity contribution in [3.63, 3.8) is 0 Å². The number of carbonyl (C=O) groups is 1. The third-order valence-electron chi connectivity index (χ3n) is 5.26. The van der Waals surface area contributed by atoms with Gasteiger partial charge in [0.25, 0.3) is 0 Å². The van der Waals surface area contributed by atoms with Gasteiger partial charge in [-0.2, -0.15) is 4.98 Å². The smallest absolute Gasteiger partial charge is 0.338 e. The number of allylic oxidation sites excluding steroid dienone is 1. The Kier molecular flexibility index (Phi) is 6.12. The van der Waals surface area contributed by atoms with E-state index in [1.54, 1.807) is 38.1 Å². The van der Waals surface area contributed by atoms with Gasteiger partial charge in [0.2, 0.25) is 11.7 Å². The number of rotatable bonds is 6. The largest absolute Gasteiger partial charge is 0.500 e. The molecule has 34 heavy (non-hydrogen) atoms. The number of halogens is 1. The van der Waals surface area contributed by atoms with Crippen molar-refractivity contribution in [2.24, 2.45) is 0 Å². The lowest BCUT2D eigenvalue weighted by atomic mass is 9.95. The summed E-state index contributed by atoms with van der Waals surface area (Å²) in [5.74, 6) is -0.702. The van der Waals surface area contributed by atoms with E-state index in [4.69, 9.17) is 21.1 Å². The number of carbonyl (C=O) groups excluding carboxylic acids is 1. The number of nitrogens with one attached hydrogen (secondary N) is 1. The highest BCUT2D eigenvalue weighted by atomic mass is 35.5. The van der Waals surface area contributed by atoms with Gasteiger partial charge in [-0.15, -0.1) is 5.10 Å². The minimum absolute atomic E-state index is 0.122. The number of aromatic hydroxyl groups is 1. The molecule has 12 heteroatoms. The molecule has 0 spiro atoms. The van der Waals surface area contributed by atoms with E-state index in [0.717, 1.165) is 0 Å². The van der Waals surface area contributed by atoms with Crippen LogP contribution in [0.2, 0.25) is 5.02 Å². The summed E-state index contributed by atoms with van der Waals surface area (Å²) in [5, 5.41) is 30.0. The molecule has 11 nitrogen and oxygen atoms in total. The van der Waals surface area contributed by atoms with Gasteiger partial charge in [-0.3, -0.25) is 10.1 Å². The zero-order valence-corrected chi connectivity index (χ0v) is 19.2. The fourth-order valence-electron chi connectivity index (χ4n) is 3.72. The summed E-state index contributed by atoms with van der Waals surface area (Å²) in [5.41, 5.74) is 1.01. The summed E-state index contributed by atoms with van der Waals surface area (Å²) in [6.45, 7) is 3.47. The van der Waals surface area contributed by atoms with E-state index in [1.165, 1.54) is 23.9 Å². The molecule has 3 aromatic rings. The second kappa shape index (κ2) is 9.02. The van der Waals surface area contributed by atoms with Crippen LogP contribution in [0.15, 0.2) is 47.7 Å². The molecule has 2 aromatic carbocycles. The minimum atomic E-state index is -0.947. The molecule has 1 aliphatic heterocycles. The zero-order chi connectivity index (χ0) is 24.6. The number of esters is 1. The number of phenols is 1. The third-order valence-corrected chi connectivity index (χ3v) is 5.51. The number of methoxy groups -OCH3 is 1. The summed E-state index contributed by atoms with van der Waals surface area (Å²) >= 11 is 5.98. The minimum Gasteiger partial charge on any atom is -0.500 e. The number of benzene rings is 2. The van der Waals surface area contributed by atoms with E-state index >= 15 is 0 Å². The first-order valence-corrected chi connectivity index (χ1v) is 10.6. The van der Waals surface area contributed by atoms with E-state index in [0.29, 0.717) is 28.1 Å². The zero-order valence-electron chi connectivity index (χ0n) is 18.4. The van der Waals surface area contributed by atoms with Crippen molar-refractivity contribution in [1.82, 2.24) is 14.8 Å². The van der Waals surface area contributed by atoms with E-state index in [2.05, 4.69) is 15.4 Å². The van der Waals surface area contributed by atoms with Crippen LogP contribution in [0.1, 0.15) is 25.5 Å². The normalized spacial score (nSPS) is 14.9. The van der Waals surface area contributed by atoms with E-state index in [1.807, 2.05) is 0 Å². The molecule has 2 heterocycles. The predicted octanol–water partition coefficient (Wildman–Crippen LogP) is 4.07. The van der Waals surface area contributed by atoms with Gasteiger partial charge in [-0.25, -0.2) is 9.48 Å². The Labute approximate surface area is 198 Å². The summed E-state index contributed by atoms with van der Waals surface area (Å²) in [6.07, 6.45) is 0. The Bertz CT molecular complexity index is 1320. The van der Waals surface area contributed by atoms with Gasteiger partial charge in [0.15, 0.2) is 11.6 Å². The van der Waals surface area contributed by atoms with Crippen molar-refractivity contribution in [1.29, 1.82) is 0 Å². The number of hydrogen-bond donors (Lipinski definition) is 2. The maximum Gasteiger partial charge on any atom is 0.338 e. The quantitative estimate of drug-likeness (QED) is 0.300. The van der Waals surface area contributed by atoms with Crippen molar-refractivity contribution in [2.45, 2.75) is 19.9 Å². The molecule has 0 amide bonds. The topological polar surface area (TPSA) is 142 Å². The Morgan fingerprint density at radius 3 is 2.65 bits per heavy atom. The van der Waals surface area contributed by atoms with Crippen molar-refractivity contribution in [2.75, 3.05) is 19.0 Å². The molecule has 0 bridgehead atoms. The number of hydrogen-bond acceptors (Lipinski definition) is 9. The molecule has 176 valence electrons. The molecule has 2 N–H and O–H groups in total. The first-order chi connectivity index (χ1) is 16.2. The highest BCUT2D eigenvalue weighted by molar-refractivity contribution is 6.30. The van der Waals surface area contributed by atoms with Gasteiger partial charge >= 0.3 is 11.7 Å². The van der Waals surface area contributed by atoms with Gasteiger partial charge < -0.3 is 19.9 Å². The lowest BCUT2D eigenvalue weighted by Crippen LogP contribution is -2.29. The van der Waals surface area contributed by atoms with Crippen LogP contribution < -0.4 is 10.1 Å². The van der Waals surface area contributed by atoms with Gasteiger partial charge in [0.05, 0.1) is 24.2 Å². The highest BCUT2D eigenvalue weighted by Crippen LogP contribution is 2.43. The fraction of sp³-hybridized carbons (Fsp3) is 0.227. The lowest BCUT2D eigenvalue weighted by molar-refractivity contribution is -0.386. The number of anilines is 1. The summed E-state index contributed by atoms with van der Waals surface area (Å²) in [4.78, 5) is 28.3. The van der Waals surface area contributed by atoms with Crippen molar-refractivity contribution >= 4 is 29.2 Å². The molecule has 1 unspecified atom stereocenters. The van der Waals surface area contributed by atoms with Crippen LogP contribution in [0.25, 0.3) is 11.4 Å². The summed E-state index contributed by atoms with van der Waals surface area (Å²) in [7, 11) is 1.28. The average Bonchev–Trinajstić information content (AvgIpc) is 3.22. The Balaban J connectivity index is 1.94. The van der Waals surface area contributed by atoms with E-state index in [-0.39, 0.29) is 23.5 Å². The molecule has 1 aliphatic rings. The number of aromatic nitrogens is 3. The Hall–Kier alpha value is -4.12. The van der Waals surface area contributed by atoms with Crippen molar-refractivity contribution in [3.05, 3.63) is 68.4 Å². The molecular formula is C22H20ClN5O6. The molecule has 4 rings (SSSR count). The number of phenolic OH excluding ortho intramolecular Hbond substituents is 1. The van der Waals surface area contributed by atoms with E-state index in [9.17, 15) is 20.0 Å². The molecule has 0 radical (unpaired) electrons. The maximum absolute atomic E-state index is 12.9.